The van der Waals surface area contributed by atoms with Crippen molar-refractivity contribution in [3.63, 3.8) is 0 Å². The molecule has 2 aromatic heterocycles. The molecule has 5 aromatic rings. The van der Waals surface area contributed by atoms with E-state index in [4.69, 9.17) is 17.2 Å². The molecular formula is C53H69N13O11S. The number of aromatic amines is 2. The van der Waals surface area contributed by atoms with Gasteiger partial charge >= 0.3 is 5.97 Å². The van der Waals surface area contributed by atoms with Crippen molar-refractivity contribution in [2.75, 3.05) is 12.3 Å². The van der Waals surface area contributed by atoms with Crippen molar-refractivity contribution in [1.82, 2.24) is 52.2 Å². The number of hydrogen-bond donors (Lipinski definition) is 15. The van der Waals surface area contributed by atoms with Crippen molar-refractivity contribution in [1.29, 1.82) is 0 Å². The third kappa shape index (κ3) is 18.5. The van der Waals surface area contributed by atoms with Gasteiger partial charge in [-0.2, -0.15) is 12.6 Å². The Kier molecular flexibility index (Phi) is 23.2. The Balaban J connectivity index is 1.47. The molecule has 0 radical (unpaired) electrons. The summed E-state index contributed by atoms with van der Waals surface area (Å²) in [6.45, 7) is 3.59. The normalized spacial score (nSPS) is 14.3. The second-order valence-corrected chi connectivity index (χ2v) is 19.4. The van der Waals surface area contributed by atoms with Crippen LogP contribution in [0.5, 0.6) is 5.75 Å². The monoisotopic (exact) mass is 1100 g/mol. The quantitative estimate of drug-likeness (QED) is 0.0192. The number of H-pyrrole nitrogens is 2. The summed E-state index contributed by atoms with van der Waals surface area (Å²) in [6.07, 6.45) is 3.89. The summed E-state index contributed by atoms with van der Waals surface area (Å²) in [5.41, 5.74) is 20.0. The summed E-state index contributed by atoms with van der Waals surface area (Å²) in [4.78, 5) is 133. The maximum atomic E-state index is 14.9. The van der Waals surface area contributed by atoms with Gasteiger partial charge in [0.1, 0.15) is 48.0 Å². The SMILES string of the molecule is CC(C)[C@H](NC(=O)[C@H](CS)NC(=O)[C@H](Cc1ccc(O)cc1)NC(=O)[C@H](CCCCN)NC(=O)[C@H](Cc1c[nH]c2ccccc12)NC(=O)[C@H](Cc1ccccc1)NC(=O)[C@H](Cc1cnc[nH]1)NC(=O)[C@@H](N)CC(=O)O)C(N)=O. The maximum Gasteiger partial charge on any atom is 0.305 e. The zero-order valence-corrected chi connectivity index (χ0v) is 44.1. The van der Waals surface area contributed by atoms with Crippen molar-refractivity contribution in [2.24, 2.45) is 23.1 Å². The van der Waals surface area contributed by atoms with E-state index in [0.29, 0.717) is 35.2 Å². The van der Waals surface area contributed by atoms with E-state index >= 15 is 0 Å². The highest BCUT2D eigenvalue weighted by atomic mass is 32.1. The number of carbonyl (C=O) groups excluding carboxylic acids is 8. The van der Waals surface area contributed by atoms with Crippen LogP contribution in [0.25, 0.3) is 10.9 Å². The van der Waals surface area contributed by atoms with Crippen LogP contribution in [-0.4, -0.2) is 139 Å². The van der Waals surface area contributed by atoms with E-state index < -0.39 is 108 Å². The van der Waals surface area contributed by atoms with E-state index in [1.807, 2.05) is 18.2 Å². The van der Waals surface area contributed by atoms with E-state index in [2.05, 4.69) is 64.8 Å². The van der Waals surface area contributed by atoms with Gasteiger partial charge in [0.05, 0.1) is 18.8 Å². The Morgan fingerprint density at radius 1 is 0.615 bits per heavy atom. The molecule has 0 aliphatic carbocycles. The first-order valence-electron chi connectivity index (χ1n) is 25.3. The fourth-order valence-electron chi connectivity index (χ4n) is 8.39. The predicted octanol–water partition coefficient (Wildman–Crippen LogP) is -0.737. The molecule has 0 bridgehead atoms. The highest BCUT2D eigenvalue weighted by Gasteiger charge is 2.35. The number of nitrogens with zero attached hydrogens (tertiary/aromatic N) is 1. The number of para-hydroxylation sites is 1. The number of aromatic hydroxyl groups is 1. The Morgan fingerprint density at radius 3 is 1.68 bits per heavy atom. The topological polar surface area (TPSA) is 401 Å². The number of carbonyl (C=O) groups is 9. The van der Waals surface area contributed by atoms with Gasteiger partial charge in [-0.25, -0.2) is 4.98 Å². The van der Waals surface area contributed by atoms with Gasteiger partial charge in [-0.15, -0.1) is 0 Å². The summed E-state index contributed by atoms with van der Waals surface area (Å²) in [5.74, 6) is -8.69. The first-order valence-corrected chi connectivity index (χ1v) is 25.9. The summed E-state index contributed by atoms with van der Waals surface area (Å²) >= 11 is 4.27. The van der Waals surface area contributed by atoms with Gasteiger partial charge < -0.3 is 74.6 Å². The number of benzene rings is 3. The summed E-state index contributed by atoms with van der Waals surface area (Å²) < 4.78 is 0. The second kappa shape index (κ2) is 29.9. The molecule has 2 heterocycles. The molecule has 25 heteroatoms. The second-order valence-electron chi connectivity index (χ2n) is 19.1. The Labute approximate surface area is 455 Å². The first-order chi connectivity index (χ1) is 37.3. The van der Waals surface area contributed by atoms with Gasteiger partial charge in [0.2, 0.25) is 47.3 Å². The van der Waals surface area contributed by atoms with E-state index in [0.717, 1.165) is 10.9 Å². The number of imidazole rings is 1. The third-order valence-corrected chi connectivity index (χ3v) is 13.0. The molecule has 3 aromatic carbocycles. The number of fused-ring (bicyclic) bond motifs is 1. The van der Waals surface area contributed by atoms with Gasteiger partial charge in [0.25, 0.3) is 0 Å². The predicted molar refractivity (Wildman–Crippen MR) is 291 cm³/mol. The molecule has 0 saturated carbocycles. The maximum absolute atomic E-state index is 14.9. The van der Waals surface area contributed by atoms with E-state index in [1.54, 1.807) is 56.4 Å². The largest absolute Gasteiger partial charge is 0.508 e. The van der Waals surface area contributed by atoms with Crippen LogP contribution in [0.2, 0.25) is 0 Å². The van der Waals surface area contributed by atoms with Crippen molar-refractivity contribution < 1.29 is 53.4 Å². The molecule has 8 amide bonds. The lowest BCUT2D eigenvalue weighted by Crippen LogP contribution is -2.61. The van der Waals surface area contributed by atoms with Crippen molar-refractivity contribution in [3.05, 3.63) is 120 Å². The van der Waals surface area contributed by atoms with Crippen LogP contribution in [0.3, 0.4) is 0 Å². The fraction of sp³-hybridized carbons (Fsp3) is 0.396. The zero-order valence-electron chi connectivity index (χ0n) is 43.2. The van der Waals surface area contributed by atoms with Crippen LogP contribution in [0, 0.1) is 5.92 Å². The molecule has 0 unspecified atom stereocenters. The standard InChI is InChI=1S/C53H69N13O11S/c1-29(2)45(46(56)70)66-53(77)43(27-78)65-50(74)40(21-31-15-17-34(67)18-16-31)62-48(72)38(14-8-9-19-54)60-51(75)41(22-32-25-58-37-13-7-6-12-35(32)37)64-49(73)39(20-30-10-4-3-5-11-30)63-52(76)42(23-33-26-57-28-59-33)61-47(71)36(55)24-44(68)69/h3-7,10-13,15-18,25-26,28-29,36,38-43,45,58,67,78H,8-9,14,19-24,27,54-55H2,1-2H3,(H2,56,70)(H,57,59)(H,60,75)(H,61,71)(H,62,72)(H,63,76)(H,64,73)(H,65,74)(H,66,77)(H,68,69)/t36-,38-,39-,40-,41-,42-,43-,45-/m0/s1. The molecule has 24 nitrogen and oxygen atoms in total. The Morgan fingerprint density at radius 2 is 1.13 bits per heavy atom. The lowest BCUT2D eigenvalue weighted by atomic mass is 10.00. The smallest absolute Gasteiger partial charge is 0.305 e. The summed E-state index contributed by atoms with van der Waals surface area (Å²) in [5, 5.41) is 38.7. The van der Waals surface area contributed by atoms with Gasteiger partial charge in [-0.05, 0) is 66.6 Å². The zero-order chi connectivity index (χ0) is 56.9. The van der Waals surface area contributed by atoms with Crippen LogP contribution in [0.4, 0.5) is 0 Å². The summed E-state index contributed by atoms with van der Waals surface area (Å²) in [7, 11) is 0. The molecule has 0 aliphatic rings. The van der Waals surface area contributed by atoms with Crippen LogP contribution in [-0.2, 0) is 68.8 Å². The molecule has 5 rings (SSSR count). The number of primary amides is 1. The Hall–Kier alpha value is -8.29. The van der Waals surface area contributed by atoms with E-state index in [-0.39, 0.29) is 56.1 Å². The van der Waals surface area contributed by atoms with E-state index in [1.165, 1.54) is 36.8 Å². The van der Waals surface area contributed by atoms with E-state index in [9.17, 15) is 53.4 Å². The van der Waals surface area contributed by atoms with Crippen LogP contribution in [0.15, 0.2) is 97.6 Å². The molecule has 17 N–H and O–H groups in total. The number of aliphatic carboxylic acids is 1. The van der Waals surface area contributed by atoms with Crippen LogP contribution in [0.1, 0.15) is 61.9 Å². The van der Waals surface area contributed by atoms with Gasteiger partial charge in [-0.1, -0.05) is 74.5 Å². The third-order valence-electron chi connectivity index (χ3n) is 12.7. The lowest BCUT2D eigenvalue weighted by Gasteiger charge is -2.28. The molecule has 0 aliphatic heterocycles. The molecule has 0 spiro atoms. The van der Waals surface area contributed by atoms with Crippen molar-refractivity contribution in [3.8, 4) is 5.75 Å². The number of phenolic OH excluding ortho intramolecular Hbond substituents is 1. The number of rotatable bonds is 31. The average molecular weight is 1100 g/mol. The number of amides is 8. The van der Waals surface area contributed by atoms with Gasteiger partial charge in [-0.3, -0.25) is 43.2 Å². The summed E-state index contributed by atoms with van der Waals surface area (Å²) in [6, 6.07) is 10.8. The number of hydrogen-bond acceptors (Lipinski definition) is 14. The molecule has 78 heavy (non-hydrogen) atoms. The number of carboxylic acids is 1. The van der Waals surface area contributed by atoms with Gasteiger partial charge in [0.15, 0.2) is 0 Å². The highest BCUT2D eigenvalue weighted by molar-refractivity contribution is 7.80. The fourth-order valence-corrected chi connectivity index (χ4v) is 8.65. The number of aromatic nitrogens is 3. The minimum atomic E-state index is -1.52. The Bertz CT molecular complexity index is 2830. The number of carboxylic acid groups (broad SMARTS) is 1. The van der Waals surface area contributed by atoms with Gasteiger partial charge in [0, 0.05) is 60.4 Å². The van der Waals surface area contributed by atoms with Crippen molar-refractivity contribution in [2.45, 2.75) is 114 Å². The first kappa shape index (κ1) is 60.6. The highest BCUT2D eigenvalue weighted by Crippen LogP contribution is 2.20. The molecule has 418 valence electrons. The number of thiol groups is 1. The van der Waals surface area contributed by atoms with Crippen LogP contribution < -0.4 is 54.4 Å². The minimum Gasteiger partial charge on any atom is -0.508 e. The van der Waals surface area contributed by atoms with Crippen molar-refractivity contribution >= 4 is 76.8 Å². The number of unbranched alkanes of at least 4 members (excludes halogenated alkanes) is 1. The molecular weight excluding hydrogens is 1030 g/mol. The lowest BCUT2D eigenvalue weighted by molar-refractivity contribution is -0.140. The minimum absolute atomic E-state index is 0.00764. The number of nitrogens with two attached hydrogens (primary N) is 3. The van der Waals surface area contributed by atoms with Crippen LogP contribution >= 0.6 is 12.6 Å². The molecule has 0 fully saturated rings. The number of nitrogens with one attached hydrogen (secondary N) is 9. The molecule has 8 atom stereocenters. The number of phenols is 1. The average Bonchev–Trinajstić information content (AvgIpc) is 4.09. The molecule has 0 saturated heterocycles.